The van der Waals surface area contributed by atoms with Crippen molar-refractivity contribution < 1.29 is 4.74 Å². The zero-order valence-corrected chi connectivity index (χ0v) is 12.1. The largest absolute Gasteiger partial charge is 0.496 e. The number of hydrogen-bond acceptors (Lipinski definition) is 3. The third-order valence-corrected chi connectivity index (χ3v) is 3.00. The van der Waals surface area contributed by atoms with E-state index in [0.29, 0.717) is 6.04 Å². The molecule has 3 heteroatoms. The van der Waals surface area contributed by atoms with Gasteiger partial charge >= 0.3 is 0 Å². The Labute approximate surface area is 111 Å². The minimum atomic E-state index is 0.563. The molecule has 0 bridgehead atoms. The molecule has 0 fully saturated rings. The Kier molecular flexibility index (Phi) is 6.76. The van der Waals surface area contributed by atoms with Gasteiger partial charge in [0.25, 0.3) is 0 Å². The SMILES string of the molecule is COc1ccccc1CCN(C)CCNC(C)C. The molecule has 0 aliphatic carbocycles. The monoisotopic (exact) mass is 250 g/mol. The fourth-order valence-corrected chi connectivity index (χ4v) is 1.88. The molecule has 0 aliphatic rings. The van der Waals surface area contributed by atoms with Crippen molar-refractivity contribution in [1.82, 2.24) is 10.2 Å². The zero-order valence-electron chi connectivity index (χ0n) is 12.1. The molecule has 0 heterocycles. The van der Waals surface area contributed by atoms with Gasteiger partial charge in [0.2, 0.25) is 0 Å². The van der Waals surface area contributed by atoms with Gasteiger partial charge in [-0.2, -0.15) is 0 Å². The Morgan fingerprint density at radius 3 is 2.61 bits per heavy atom. The second-order valence-corrected chi connectivity index (χ2v) is 4.97. The molecule has 0 spiro atoms. The topological polar surface area (TPSA) is 24.5 Å². The molecule has 0 aliphatic heterocycles. The van der Waals surface area contributed by atoms with E-state index >= 15 is 0 Å². The van der Waals surface area contributed by atoms with E-state index in [1.165, 1.54) is 5.56 Å². The number of para-hydroxylation sites is 1. The van der Waals surface area contributed by atoms with Gasteiger partial charge in [0.1, 0.15) is 5.75 Å². The van der Waals surface area contributed by atoms with Crippen LogP contribution >= 0.6 is 0 Å². The Bertz CT molecular complexity index is 339. The van der Waals surface area contributed by atoms with Gasteiger partial charge in [-0.25, -0.2) is 0 Å². The Balaban J connectivity index is 2.31. The number of methoxy groups -OCH3 is 1. The second kappa shape index (κ2) is 8.11. The van der Waals surface area contributed by atoms with Gasteiger partial charge < -0.3 is 15.0 Å². The lowest BCUT2D eigenvalue weighted by molar-refractivity contribution is 0.328. The van der Waals surface area contributed by atoms with Crippen molar-refractivity contribution >= 4 is 0 Å². The highest BCUT2D eigenvalue weighted by Crippen LogP contribution is 2.17. The van der Waals surface area contributed by atoms with Crippen molar-refractivity contribution in [2.24, 2.45) is 0 Å². The first kappa shape index (κ1) is 15.0. The van der Waals surface area contributed by atoms with Gasteiger partial charge in [0, 0.05) is 25.7 Å². The van der Waals surface area contributed by atoms with Crippen molar-refractivity contribution in [2.45, 2.75) is 26.3 Å². The van der Waals surface area contributed by atoms with E-state index in [1.807, 2.05) is 12.1 Å². The van der Waals surface area contributed by atoms with Crippen LogP contribution in [0.15, 0.2) is 24.3 Å². The van der Waals surface area contributed by atoms with E-state index in [0.717, 1.165) is 31.8 Å². The highest BCUT2D eigenvalue weighted by Gasteiger charge is 2.04. The van der Waals surface area contributed by atoms with E-state index in [4.69, 9.17) is 4.74 Å². The van der Waals surface area contributed by atoms with Crippen molar-refractivity contribution in [3.8, 4) is 5.75 Å². The van der Waals surface area contributed by atoms with Crippen molar-refractivity contribution in [3.63, 3.8) is 0 Å². The molecule has 0 amide bonds. The number of ether oxygens (including phenoxy) is 1. The van der Waals surface area contributed by atoms with E-state index in [-0.39, 0.29) is 0 Å². The van der Waals surface area contributed by atoms with Crippen LogP contribution in [-0.2, 0) is 6.42 Å². The maximum absolute atomic E-state index is 5.36. The van der Waals surface area contributed by atoms with Crippen LogP contribution in [0, 0.1) is 0 Å². The van der Waals surface area contributed by atoms with Gasteiger partial charge in [-0.1, -0.05) is 32.0 Å². The number of hydrogen-bond donors (Lipinski definition) is 1. The van der Waals surface area contributed by atoms with Crippen LogP contribution < -0.4 is 10.1 Å². The summed E-state index contributed by atoms with van der Waals surface area (Å²) < 4.78 is 5.36. The Morgan fingerprint density at radius 2 is 1.94 bits per heavy atom. The zero-order chi connectivity index (χ0) is 13.4. The molecule has 1 aromatic carbocycles. The predicted molar refractivity (Wildman–Crippen MR) is 77.3 cm³/mol. The minimum Gasteiger partial charge on any atom is -0.496 e. The number of likely N-dealkylation sites (N-methyl/N-ethyl adjacent to an activating group) is 1. The van der Waals surface area contributed by atoms with Crippen molar-refractivity contribution in [3.05, 3.63) is 29.8 Å². The van der Waals surface area contributed by atoms with Gasteiger partial charge in [-0.3, -0.25) is 0 Å². The molecule has 0 aromatic heterocycles. The molecule has 1 aromatic rings. The number of rotatable bonds is 8. The second-order valence-electron chi connectivity index (χ2n) is 4.97. The molecule has 18 heavy (non-hydrogen) atoms. The third-order valence-electron chi connectivity index (χ3n) is 3.00. The van der Waals surface area contributed by atoms with Crippen LogP contribution in [0.3, 0.4) is 0 Å². The molecule has 0 radical (unpaired) electrons. The molecule has 0 atom stereocenters. The summed E-state index contributed by atoms with van der Waals surface area (Å²) >= 11 is 0. The maximum atomic E-state index is 5.36. The summed E-state index contributed by atoms with van der Waals surface area (Å²) in [6.45, 7) is 7.53. The fraction of sp³-hybridized carbons (Fsp3) is 0.600. The lowest BCUT2D eigenvalue weighted by Crippen LogP contribution is -2.33. The first-order chi connectivity index (χ1) is 8.63. The van der Waals surface area contributed by atoms with E-state index in [2.05, 4.69) is 43.2 Å². The molecule has 102 valence electrons. The van der Waals surface area contributed by atoms with Crippen LogP contribution in [0.2, 0.25) is 0 Å². The average molecular weight is 250 g/mol. The highest BCUT2D eigenvalue weighted by molar-refractivity contribution is 5.33. The summed E-state index contributed by atoms with van der Waals surface area (Å²) in [5, 5.41) is 3.43. The lowest BCUT2D eigenvalue weighted by atomic mass is 10.1. The Hall–Kier alpha value is -1.06. The first-order valence-corrected chi connectivity index (χ1v) is 6.67. The van der Waals surface area contributed by atoms with Crippen LogP contribution in [0.4, 0.5) is 0 Å². The third kappa shape index (κ3) is 5.52. The molecule has 3 nitrogen and oxygen atoms in total. The molecule has 1 rings (SSSR count). The Morgan fingerprint density at radius 1 is 1.22 bits per heavy atom. The quantitative estimate of drug-likeness (QED) is 0.765. The predicted octanol–water partition coefficient (Wildman–Crippen LogP) is 2.17. The molecule has 1 N–H and O–H groups in total. The molecule has 0 saturated heterocycles. The molecular formula is C15H26N2O. The molecule has 0 saturated carbocycles. The standard InChI is InChI=1S/C15H26N2O/c1-13(2)16-10-12-17(3)11-9-14-7-5-6-8-15(14)18-4/h5-8,13,16H,9-12H2,1-4H3. The molecular weight excluding hydrogens is 224 g/mol. The summed E-state index contributed by atoms with van der Waals surface area (Å²) in [4.78, 5) is 2.35. The lowest BCUT2D eigenvalue weighted by Gasteiger charge is -2.18. The van der Waals surface area contributed by atoms with Crippen LogP contribution in [0.25, 0.3) is 0 Å². The number of nitrogens with one attached hydrogen (secondary N) is 1. The van der Waals surface area contributed by atoms with Crippen LogP contribution in [-0.4, -0.2) is 44.7 Å². The van der Waals surface area contributed by atoms with E-state index < -0.39 is 0 Å². The maximum Gasteiger partial charge on any atom is 0.122 e. The van der Waals surface area contributed by atoms with Gasteiger partial charge in [-0.15, -0.1) is 0 Å². The fourth-order valence-electron chi connectivity index (χ4n) is 1.88. The van der Waals surface area contributed by atoms with Gasteiger partial charge in [0.15, 0.2) is 0 Å². The summed E-state index contributed by atoms with van der Waals surface area (Å²) in [5.74, 6) is 0.992. The summed E-state index contributed by atoms with van der Waals surface area (Å²) in [6, 6.07) is 8.80. The average Bonchev–Trinajstić information content (AvgIpc) is 2.36. The first-order valence-electron chi connectivity index (χ1n) is 6.67. The van der Waals surface area contributed by atoms with Crippen LogP contribution in [0.1, 0.15) is 19.4 Å². The number of nitrogens with zero attached hydrogens (tertiary/aromatic N) is 1. The highest BCUT2D eigenvalue weighted by atomic mass is 16.5. The van der Waals surface area contributed by atoms with Gasteiger partial charge in [-0.05, 0) is 25.1 Å². The van der Waals surface area contributed by atoms with Crippen molar-refractivity contribution in [1.29, 1.82) is 0 Å². The van der Waals surface area contributed by atoms with E-state index in [1.54, 1.807) is 7.11 Å². The smallest absolute Gasteiger partial charge is 0.122 e. The normalized spacial score (nSPS) is 11.2. The van der Waals surface area contributed by atoms with Gasteiger partial charge in [0.05, 0.1) is 7.11 Å². The molecule has 0 unspecified atom stereocenters. The van der Waals surface area contributed by atoms with Crippen LogP contribution in [0.5, 0.6) is 5.75 Å². The number of benzene rings is 1. The minimum absolute atomic E-state index is 0.563. The van der Waals surface area contributed by atoms with Crippen molar-refractivity contribution in [2.75, 3.05) is 33.8 Å². The summed E-state index contributed by atoms with van der Waals surface area (Å²) in [5.41, 5.74) is 1.28. The van der Waals surface area contributed by atoms with E-state index in [9.17, 15) is 0 Å². The summed E-state index contributed by atoms with van der Waals surface area (Å²) in [7, 11) is 3.90. The summed E-state index contributed by atoms with van der Waals surface area (Å²) in [6.07, 6.45) is 1.03.